The average Bonchev–Trinajstić information content (AvgIpc) is 2.59. The van der Waals surface area contributed by atoms with Crippen molar-refractivity contribution in [3.63, 3.8) is 0 Å². The molecule has 3 fully saturated rings. The number of rotatable bonds is 1. The lowest BCUT2D eigenvalue weighted by atomic mass is 9.58. The molecule has 0 bridgehead atoms. The fourth-order valence-electron chi connectivity index (χ4n) is 5.16. The Kier molecular flexibility index (Phi) is 1.81. The first-order chi connectivity index (χ1) is 6.68. The summed E-state index contributed by atoms with van der Waals surface area (Å²) in [6, 6.07) is 0. The van der Waals surface area contributed by atoms with E-state index in [9.17, 15) is 5.11 Å². The minimum atomic E-state index is 0.450. The molecule has 80 valence electrons. The van der Waals surface area contributed by atoms with Gasteiger partial charge < -0.3 is 5.11 Å². The van der Waals surface area contributed by atoms with Crippen LogP contribution in [-0.4, -0.2) is 11.7 Å². The first kappa shape index (κ1) is 9.21. The number of fused-ring (bicyclic) bond motifs is 3. The van der Waals surface area contributed by atoms with Gasteiger partial charge >= 0.3 is 0 Å². The van der Waals surface area contributed by atoms with Crippen LogP contribution in [0.4, 0.5) is 0 Å². The Hall–Kier alpha value is -0.0400. The fraction of sp³-hybridized carbons (Fsp3) is 1.00. The van der Waals surface area contributed by atoms with Crippen molar-refractivity contribution in [2.75, 3.05) is 6.61 Å². The van der Waals surface area contributed by atoms with E-state index in [0.29, 0.717) is 17.9 Å². The largest absolute Gasteiger partial charge is 0.396 e. The van der Waals surface area contributed by atoms with Gasteiger partial charge in [0.25, 0.3) is 0 Å². The Morgan fingerprint density at radius 2 is 2.00 bits per heavy atom. The molecule has 14 heavy (non-hydrogen) atoms. The van der Waals surface area contributed by atoms with E-state index in [1.807, 2.05) is 0 Å². The van der Waals surface area contributed by atoms with Gasteiger partial charge in [-0.3, -0.25) is 0 Å². The maximum Gasteiger partial charge on any atom is 0.0464 e. The number of hydrogen-bond donors (Lipinski definition) is 1. The van der Waals surface area contributed by atoms with E-state index >= 15 is 0 Å². The molecule has 0 aromatic rings. The van der Waals surface area contributed by atoms with Gasteiger partial charge in [0.2, 0.25) is 0 Å². The van der Waals surface area contributed by atoms with Gasteiger partial charge in [0, 0.05) is 6.61 Å². The van der Waals surface area contributed by atoms with Crippen LogP contribution in [0, 0.1) is 35.0 Å². The van der Waals surface area contributed by atoms with Crippen molar-refractivity contribution in [1.29, 1.82) is 0 Å². The lowest BCUT2D eigenvalue weighted by Gasteiger charge is -2.47. The highest BCUT2D eigenvalue weighted by Crippen LogP contribution is 2.69. The molecule has 3 rings (SSSR count). The highest BCUT2D eigenvalue weighted by molar-refractivity contribution is 5.12. The molecule has 1 heteroatoms. The lowest BCUT2D eigenvalue weighted by Crippen LogP contribution is -2.40. The zero-order valence-corrected chi connectivity index (χ0v) is 9.37. The molecule has 3 saturated carbocycles. The van der Waals surface area contributed by atoms with Crippen LogP contribution in [0.3, 0.4) is 0 Å². The summed E-state index contributed by atoms with van der Waals surface area (Å²) in [5.74, 6) is 4.20. The number of hydrogen-bond acceptors (Lipinski definition) is 1. The van der Waals surface area contributed by atoms with E-state index < -0.39 is 0 Å². The van der Waals surface area contributed by atoms with Crippen molar-refractivity contribution in [3.8, 4) is 0 Å². The van der Waals surface area contributed by atoms with Gasteiger partial charge in [0.1, 0.15) is 0 Å². The molecule has 0 radical (unpaired) electrons. The molecule has 1 nitrogen and oxygen atoms in total. The monoisotopic (exact) mass is 194 g/mol. The van der Waals surface area contributed by atoms with Crippen LogP contribution in [0.25, 0.3) is 0 Å². The van der Waals surface area contributed by atoms with E-state index in [1.54, 1.807) is 0 Å². The second kappa shape index (κ2) is 2.75. The fourth-order valence-corrected chi connectivity index (χ4v) is 5.16. The molecule has 0 heterocycles. The highest BCUT2D eigenvalue weighted by atomic mass is 16.3. The van der Waals surface area contributed by atoms with Crippen LogP contribution in [0.1, 0.15) is 39.5 Å². The lowest BCUT2D eigenvalue weighted by molar-refractivity contribution is 0.00873. The minimum Gasteiger partial charge on any atom is -0.396 e. The molecule has 0 aromatic heterocycles. The Morgan fingerprint density at radius 3 is 2.57 bits per heavy atom. The summed E-state index contributed by atoms with van der Waals surface area (Å²) < 4.78 is 0. The molecular formula is C13H22O. The van der Waals surface area contributed by atoms with Crippen LogP contribution in [0.5, 0.6) is 0 Å². The van der Waals surface area contributed by atoms with Gasteiger partial charge in [0.05, 0.1) is 0 Å². The quantitative estimate of drug-likeness (QED) is 0.680. The van der Waals surface area contributed by atoms with Gasteiger partial charge in [-0.2, -0.15) is 0 Å². The molecular weight excluding hydrogens is 172 g/mol. The summed E-state index contributed by atoms with van der Waals surface area (Å²) in [5.41, 5.74) is 0.628. The van der Waals surface area contributed by atoms with E-state index in [0.717, 1.165) is 23.7 Å². The third-order valence-corrected chi connectivity index (χ3v) is 5.96. The maximum atomic E-state index is 9.57. The number of aliphatic hydroxyl groups is 1. The first-order valence-electron chi connectivity index (χ1n) is 6.29. The van der Waals surface area contributed by atoms with Gasteiger partial charge in [-0.15, -0.1) is 0 Å². The zero-order valence-electron chi connectivity index (χ0n) is 9.37. The molecule has 0 aromatic carbocycles. The van der Waals surface area contributed by atoms with Crippen LogP contribution in [0.15, 0.2) is 0 Å². The second-order valence-corrected chi connectivity index (χ2v) is 6.24. The van der Waals surface area contributed by atoms with Crippen molar-refractivity contribution in [2.45, 2.75) is 39.5 Å². The maximum absolute atomic E-state index is 9.57. The number of aliphatic hydroxyl groups excluding tert-OH is 1. The Morgan fingerprint density at radius 1 is 1.21 bits per heavy atom. The Labute approximate surface area is 86.9 Å². The zero-order chi connectivity index (χ0) is 9.92. The molecule has 3 aliphatic carbocycles. The predicted octanol–water partition coefficient (Wildman–Crippen LogP) is 2.69. The summed E-state index contributed by atoms with van der Waals surface area (Å²) in [6.07, 6.45) is 5.67. The van der Waals surface area contributed by atoms with Crippen molar-refractivity contribution in [1.82, 2.24) is 0 Å². The highest BCUT2D eigenvalue weighted by Gasteiger charge is 2.63. The standard InChI is InChI=1S/C13H22O/c1-8-3-4-11-12(8)9(7-14)10-5-6-13(10,11)2/h8-12,14H,3-7H2,1-2H3/t8-,9+,10+,11+,12+,13+/m0/s1. The van der Waals surface area contributed by atoms with E-state index in [2.05, 4.69) is 13.8 Å². The van der Waals surface area contributed by atoms with Gasteiger partial charge in [-0.1, -0.05) is 20.3 Å². The van der Waals surface area contributed by atoms with Crippen molar-refractivity contribution >= 4 is 0 Å². The van der Waals surface area contributed by atoms with Crippen LogP contribution >= 0.6 is 0 Å². The van der Waals surface area contributed by atoms with Crippen LogP contribution in [0.2, 0.25) is 0 Å². The topological polar surface area (TPSA) is 20.2 Å². The third kappa shape index (κ3) is 0.856. The second-order valence-electron chi connectivity index (χ2n) is 6.24. The molecule has 0 unspecified atom stereocenters. The van der Waals surface area contributed by atoms with E-state index in [-0.39, 0.29) is 0 Å². The molecule has 0 amide bonds. The summed E-state index contributed by atoms with van der Waals surface area (Å²) in [6.45, 7) is 5.35. The van der Waals surface area contributed by atoms with E-state index in [1.165, 1.54) is 25.7 Å². The summed E-state index contributed by atoms with van der Waals surface area (Å²) in [7, 11) is 0. The minimum absolute atomic E-state index is 0.450. The average molecular weight is 194 g/mol. The summed E-state index contributed by atoms with van der Waals surface area (Å²) in [5, 5.41) is 9.57. The summed E-state index contributed by atoms with van der Waals surface area (Å²) >= 11 is 0. The van der Waals surface area contributed by atoms with Gasteiger partial charge in [-0.05, 0) is 54.3 Å². The smallest absolute Gasteiger partial charge is 0.0464 e. The summed E-state index contributed by atoms with van der Waals surface area (Å²) in [4.78, 5) is 0. The molecule has 0 aliphatic heterocycles. The van der Waals surface area contributed by atoms with Crippen LogP contribution in [-0.2, 0) is 0 Å². The molecule has 1 N–H and O–H groups in total. The molecule has 3 aliphatic rings. The Bertz CT molecular complexity index is 250. The van der Waals surface area contributed by atoms with Crippen molar-refractivity contribution in [2.24, 2.45) is 35.0 Å². The normalized spacial score (nSPS) is 60.6. The predicted molar refractivity (Wildman–Crippen MR) is 56.8 cm³/mol. The SMILES string of the molecule is C[C@H]1CC[C@@H]2[C@H]1[C@H](CO)[C@H]1CC[C@]12C. The Balaban J connectivity index is 1.94. The molecule has 0 spiro atoms. The molecule has 0 saturated heterocycles. The van der Waals surface area contributed by atoms with Gasteiger partial charge in [-0.25, -0.2) is 0 Å². The van der Waals surface area contributed by atoms with Crippen molar-refractivity contribution in [3.05, 3.63) is 0 Å². The van der Waals surface area contributed by atoms with E-state index in [4.69, 9.17) is 0 Å². The van der Waals surface area contributed by atoms with Crippen LogP contribution < -0.4 is 0 Å². The molecule has 6 atom stereocenters. The van der Waals surface area contributed by atoms with Crippen molar-refractivity contribution < 1.29 is 5.11 Å². The first-order valence-corrected chi connectivity index (χ1v) is 6.29. The van der Waals surface area contributed by atoms with Gasteiger partial charge in [0.15, 0.2) is 0 Å². The third-order valence-electron chi connectivity index (χ3n) is 5.96.